The molecule has 3 heteroatoms. The van der Waals surface area contributed by atoms with Crippen LogP contribution in [-0.4, -0.2) is 9.67 Å². The Balaban J connectivity index is 2.32. The molecule has 0 saturated carbocycles. The maximum atomic E-state index is 9.85. The number of aryl methyl sites for hydroxylation is 1. The van der Waals surface area contributed by atoms with Crippen molar-refractivity contribution in [3.8, 4) is 16.9 Å². The summed E-state index contributed by atoms with van der Waals surface area (Å²) in [5, 5.41) is 11.7. The van der Waals surface area contributed by atoms with E-state index in [9.17, 15) is 5.11 Å². The molecule has 1 N–H and O–H groups in total. The zero-order valence-corrected chi connectivity index (χ0v) is 13.0. The number of halogens is 1. The molecule has 0 unspecified atom stereocenters. The summed E-state index contributed by atoms with van der Waals surface area (Å²) in [6, 6.07) is 13.5. The molecule has 0 bridgehead atoms. The number of nitrogens with zero attached hydrogens (tertiary/aromatic N) is 1. The molecule has 0 radical (unpaired) electrons. The zero-order chi connectivity index (χ0) is 15.0. The second-order valence-corrected chi connectivity index (χ2v) is 5.76. The van der Waals surface area contributed by atoms with Crippen LogP contribution in [0.25, 0.3) is 22.0 Å². The first kappa shape index (κ1) is 14.0. The average Bonchev–Trinajstić information content (AvgIpc) is 2.73. The van der Waals surface area contributed by atoms with E-state index in [0.717, 1.165) is 34.5 Å². The summed E-state index contributed by atoms with van der Waals surface area (Å²) in [5.41, 5.74) is 4.69. The topological polar surface area (TPSA) is 25.2 Å². The van der Waals surface area contributed by atoms with E-state index >= 15 is 0 Å². The molecule has 2 nitrogen and oxygen atoms in total. The van der Waals surface area contributed by atoms with Gasteiger partial charge in [-0.2, -0.15) is 0 Å². The smallest absolute Gasteiger partial charge is 0.116 e. The monoisotopic (exact) mass is 299 g/mol. The highest BCUT2D eigenvalue weighted by molar-refractivity contribution is 6.30. The molecular weight excluding hydrogens is 282 g/mol. The van der Waals surface area contributed by atoms with Crippen LogP contribution in [0.5, 0.6) is 5.75 Å². The molecule has 3 rings (SSSR count). The summed E-state index contributed by atoms with van der Waals surface area (Å²) < 4.78 is 2.32. The molecule has 0 aliphatic rings. The molecular formula is C18H18ClNO. The second-order valence-electron chi connectivity index (χ2n) is 5.32. The quantitative estimate of drug-likeness (QED) is 0.689. The van der Waals surface area contributed by atoms with Crippen LogP contribution in [0.2, 0.25) is 5.02 Å². The summed E-state index contributed by atoms with van der Waals surface area (Å²) in [6.07, 6.45) is 1.07. The summed E-state index contributed by atoms with van der Waals surface area (Å²) >= 11 is 5.99. The van der Waals surface area contributed by atoms with Crippen molar-refractivity contribution in [1.82, 2.24) is 4.57 Å². The molecule has 0 fully saturated rings. The summed E-state index contributed by atoms with van der Waals surface area (Å²) in [7, 11) is 0. The highest BCUT2D eigenvalue weighted by atomic mass is 35.5. The molecule has 108 valence electrons. The maximum Gasteiger partial charge on any atom is 0.116 e. The molecule has 0 aliphatic heterocycles. The van der Waals surface area contributed by atoms with Crippen LogP contribution < -0.4 is 0 Å². The van der Waals surface area contributed by atoms with Crippen molar-refractivity contribution < 1.29 is 5.11 Å². The van der Waals surface area contributed by atoms with Gasteiger partial charge in [0.15, 0.2) is 0 Å². The highest BCUT2D eigenvalue weighted by Crippen LogP contribution is 2.36. The predicted molar refractivity (Wildman–Crippen MR) is 89.1 cm³/mol. The van der Waals surface area contributed by atoms with Gasteiger partial charge in [0.05, 0.1) is 0 Å². The van der Waals surface area contributed by atoms with Crippen LogP contribution in [0, 0.1) is 6.92 Å². The lowest BCUT2D eigenvalue weighted by Crippen LogP contribution is -1.98. The van der Waals surface area contributed by atoms with Crippen molar-refractivity contribution in [3.05, 3.63) is 53.2 Å². The Morgan fingerprint density at radius 1 is 1.10 bits per heavy atom. The van der Waals surface area contributed by atoms with Gasteiger partial charge < -0.3 is 9.67 Å². The van der Waals surface area contributed by atoms with Crippen LogP contribution in [0.4, 0.5) is 0 Å². The van der Waals surface area contributed by atoms with Gasteiger partial charge in [0, 0.05) is 33.7 Å². The van der Waals surface area contributed by atoms with Gasteiger partial charge in [0.2, 0.25) is 0 Å². The number of hydrogen-bond acceptors (Lipinski definition) is 1. The normalized spacial score (nSPS) is 11.2. The minimum Gasteiger partial charge on any atom is -0.508 e. The van der Waals surface area contributed by atoms with Crippen LogP contribution in [0.15, 0.2) is 42.5 Å². The SMILES string of the molecule is CCCn1c(C)c(-c2ccc(Cl)cc2)c2cc(O)ccc21. The van der Waals surface area contributed by atoms with Crippen LogP contribution in [-0.2, 0) is 6.54 Å². The minimum atomic E-state index is 0.298. The predicted octanol–water partition coefficient (Wildman–Crippen LogP) is 5.39. The van der Waals surface area contributed by atoms with Crippen LogP contribution in [0.3, 0.4) is 0 Å². The Labute approximate surface area is 129 Å². The number of benzene rings is 2. The molecule has 0 aliphatic carbocycles. The zero-order valence-electron chi connectivity index (χ0n) is 12.2. The molecule has 0 amide bonds. The molecule has 3 aromatic rings. The van der Waals surface area contributed by atoms with E-state index in [-0.39, 0.29) is 0 Å². The number of phenols is 1. The largest absolute Gasteiger partial charge is 0.508 e. The van der Waals surface area contributed by atoms with Crippen molar-refractivity contribution in [2.24, 2.45) is 0 Å². The van der Waals surface area contributed by atoms with Gasteiger partial charge in [-0.15, -0.1) is 0 Å². The van der Waals surface area contributed by atoms with Crippen molar-refractivity contribution in [1.29, 1.82) is 0 Å². The fourth-order valence-electron chi connectivity index (χ4n) is 2.96. The third-order valence-corrected chi connectivity index (χ3v) is 4.14. The van der Waals surface area contributed by atoms with E-state index in [4.69, 9.17) is 11.6 Å². The highest BCUT2D eigenvalue weighted by Gasteiger charge is 2.15. The van der Waals surface area contributed by atoms with E-state index in [1.807, 2.05) is 36.4 Å². The lowest BCUT2D eigenvalue weighted by Gasteiger charge is -2.07. The van der Waals surface area contributed by atoms with Crippen molar-refractivity contribution >= 4 is 22.5 Å². The van der Waals surface area contributed by atoms with Crippen molar-refractivity contribution in [2.75, 3.05) is 0 Å². The number of aromatic hydroxyl groups is 1. The van der Waals surface area contributed by atoms with Gasteiger partial charge in [-0.05, 0) is 49.2 Å². The molecule has 21 heavy (non-hydrogen) atoms. The Kier molecular flexibility index (Phi) is 3.64. The summed E-state index contributed by atoms with van der Waals surface area (Å²) in [6.45, 7) is 5.28. The average molecular weight is 300 g/mol. The molecule has 0 saturated heterocycles. The van der Waals surface area contributed by atoms with E-state index in [1.165, 1.54) is 11.3 Å². The van der Waals surface area contributed by atoms with Crippen molar-refractivity contribution in [3.63, 3.8) is 0 Å². The Bertz CT molecular complexity index is 787. The van der Waals surface area contributed by atoms with E-state index in [0.29, 0.717) is 5.75 Å². The van der Waals surface area contributed by atoms with E-state index < -0.39 is 0 Å². The van der Waals surface area contributed by atoms with Gasteiger partial charge in [-0.25, -0.2) is 0 Å². The fourth-order valence-corrected chi connectivity index (χ4v) is 3.09. The third-order valence-electron chi connectivity index (χ3n) is 3.89. The summed E-state index contributed by atoms with van der Waals surface area (Å²) in [5.74, 6) is 0.298. The number of aromatic nitrogens is 1. The van der Waals surface area contributed by atoms with E-state index in [2.05, 4.69) is 18.4 Å². The first-order chi connectivity index (χ1) is 10.1. The lowest BCUT2D eigenvalue weighted by atomic mass is 10.0. The van der Waals surface area contributed by atoms with E-state index in [1.54, 1.807) is 6.07 Å². The van der Waals surface area contributed by atoms with Gasteiger partial charge in [0.1, 0.15) is 5.75 Å². The van der Waals surface area contributed by atoms with Crippen LogP contribution in [0.1, 0.15) is 19.0 Å². The Hall–Kier alpha value is -1.93. The number of fused-ring (bicyclic) bond motifs is 1. The Morgan fingerprint density at radius 3 is 2.48 bits per heavy atom. The molecule has 1 heterocycles. The number of phenolic OH excluding ortho intramolecular Hbond substituents is 1. The summed E-state index contributed by atoms with van der Waals surface area (Å²) in [4.78, 5) is 0. The van der Waals surface area contributed by atoms with Crippen molar-refractivity contribution in [2.45, 2.75) is 26.8 Å². The third kappa shape index (κ3) is 2.40. The molecule has 0 spiro atoms. The fraction of sp³-hybridized carbons (Fsp3) is 0.222. The maximum absolute atomic E-state index is 9.85. The van der Waals surface area contributed by atoms with Gasteiger partial charge >= 0.3 is 0 Å². The van der Waals surface area contributed by atoms with Gasteiger partial charge in [-0.1, -0.05) is 30.7 Å². The number of hydrogen-bond donors (Lipinski definition) is 1. The first-order valence-corrected chi connectivity index (χ1v) is 7.57. The first-order valence-electron chi connectivity index (χ1n) is 7.19. The lowest BCUT2D eigenvalue weighted by molar-refractivity contribution is 0.476. The Morgan fingerprint density at radius 2 is 1.81 bits per heavy atom. The van der Waals surface area contributed by atoms with Gasteiger partial charge in [-0.3, -0.25) is 0 Å². The number of rotatable bonds is 3. The molecule has 0 atom stereocenters. The standard InChI is InChI=1S/C18H18ClNO/c1-3-10-20-12(2)18(13-4-6-14(19)7-5-13)16-11-15(21)8-9-17(16)20/h4-9,11,21H,3,10H2,1-2H3. The molecule has 2 aromatic carbocycles. The molecule has 1 aromatic heterocycles. The minimum absolute atomic E-state index is 0.298. The van der Waals surface area contributed by atoms with Gasteiger partial charge in [0.25, 0.3) is 0 Å². The van der Waals surface area contributed by atoms with Crippen LogP contribution >= 0.6 is 11.6 Å². The second kappa shape index (κ2) is 5.45.